The summed E-state index contributed by atoms with van der Waals surface area (Å²) in [5.41, 5.74) is 6.34. The molecule has 0 amide bonds. The van der Waals surface area contributed by atoms with Gasteiger partial charge in [-0.2, -0.15) is 11.8 Å². The van der Waals surface area contributed by atoms with E-state index in [1.54, 1.807) is 0 Å². The first-order chi connectivity index (χ1) is 9.19. The lowest BCUT2D eigenvalue weighted by atomic mass is 9.86. The molecule has 4 unspecified atom stereocenters. The van der Waals surface area contributed by atoms with Crippen LogP contribution in [0, 0.1) is 5.92 Å². The Balaban J connectivity index is 1.61. The smallest absolute Gasteiger partial charge is 0.0795 e. The second-order valence-corrected chi connectivity index (χ2v) is 7.84. The molecule has 3 aliphatic heterocycles. The summed E-state index contributed by atoms with van der Waals surface area (Å²) in [6.45, 7) is 5.63. The van der Waals surface area contributed by atoms with E-state index in [0.717, 1.165) is 12.6 Å². The second kappa shape index (κ2) is 5.92. The number of nitrogens with zero attached hydrogens (tertiary/aromatic N) is 1. The quantitative estimate of drug-likeness (QED) is 0.843. The lowest BCUT2D eigenvalue weighted by Gasteiger charge is -2.45. The Morgan fingerprint density at radius 1 is 1.42 bits per heavy atom. The molecular weight excluding hydrogens is 256 g/mol. The molecule has 4 atom stereocenters. The predicted molar refractivity (Wildman–Crippen MR) is 81.6 cm³/mol. The molecule has 0 bridgehead atoms. The molecule has 3 saturated heterocycles. The summed E-state index contributed by atoms with van der Waals surface area (Å²) in [6, 6.07) is 1.09. The Morgan fingerprint density at radius 3 is 3.05 bits per heavy atom. The summed E-state index contributed by atoms with van der Waals surface area (Å²) >= 11 is 2.07. The fourth-order valence-electron chi connectivity index (χ4n) is 3.98. The average Bonchev–Trinajstić information content (AvgIpc) is 2.87. The third kappa shape index (κ3) is 3.12. The zero-order chi connectivity index (χ0) is 13.3. The summed E-state index contributed by atoms with van der Waals surface area (Å²) in [5.74, 6) is 3.20. The van der Waals surface area contributed by atoms with Gasteiger partial charge < -0.3 is 10.5 Å². The van der Waals surface area contributed by atoms with Crippen molar-refractivity contribution in [3.63, 3.8) is 0 Å². The zero-order valence-corrected chi connectivity index (χ0v) is 13.0. The van der Waals surface area contributed by atoms with Crippen LogP contribution in [-0.4, -0.2) is 53.8 Å². The fraction of sp³-hybridized carbons (Fsp3) is 1.00. The Bertz CT molecular complexity index is 305. The van der Waals surface area contributed by atoms with E-state index in [1.807, 2.05) is 0 Å². The lowest BCUT2D eigenvalue weighted by Crippen LogP contribution is -2.53. The Labute approximate surface area is 121 Å². The first-order valence-electron chi connectivity index (χ1n) is 7.90. The van der Waals surface area contributed by atoms with E-state index in [0.29, 0.717) is 12.0 Å². The van der Waals surface area contributed by atoms with Crippen molar-refractivity contribution in [2.24, 2.45) is 11.7 Å². The monoisotopic (exact) mass is 284 g/mol. The molecule has 2 N–H and O–H groups in total. The molecule has 110 valence electrons. The molecule has 3 fully saturated rings. The van der Waals surface area contributed by atoms with Gasteiger partial charge in [0.1, 0.15) is 0 Å². The minimum atomic E-state index is 0.217. The summed E-state index contributed by atoms with van der Waals surface area (Å²) in [4.78, 5) is 2.73. The van der Waals surface area contributed by atoms with Gasteiger partial charge in [0.25, 0.3) is 0 Å². The van der Waals surface area contributed by atoms with Crippen molar-refractivity contribution >= 4 is 11.8 Å². The third-order valence-corrected chi connectivity index (χ3v) is 6.51. The van der Waals surface area contributed by atoms with Crippen LogP contribution in [0.3, 0.4) is 0 Å². The van der Waals surface area contributed by atoms with Crippen LogP contribution in [0.5, 0.6) is 0 Å². The van der Waals surface area contributed by atoms with Gasteiger partial charge in [-0.3, -0.25) is 4.90 Å². The van der Waals surface area contributed by atoms with E-state index in [-0.39, 0.29) is 5.60 Å². The van der Waals surface area contributed by atoms with E-state index >= 15 is 0 Å². The molecule has 3 nitrogen and oxygen atoms in total. The predicted octanol–water partition coefficient (Wildman–Crippen LogP) is 2.10. The summed E-state index contributed by atoms with van der Waals surface area (Å²) in [6.07, 6.45) is 6.38. The fourth-order valence-corrected chi connectivity index (χ4v) is 5.36. The highest BCUT2D eigenvalue weighted by molar-refractivity contribution is 7.99. The standard InChI is InChI=1S/C15H28N2OS/c1-12(16)13-3-2-6-17(10-13)14-4-7-18-15(9-14)5-8-19-11-15/h12-14H,2-11,16H2,1H3. The Hall–Kier alpha value is 0.230. The van der Waals surface area contributed by atoms with Gasteiger partial charge in [0, 0.05) is 31.0 Å². The normalized spacial score (nSPS) is 42.6. The largest absolute Gasteiger partial charge is 0.374 e. The molecule has 19 heavy (non-hydrogen) atoms. The second-order valence-electron chi connectivity index (χ2n) is 6.74. The van der Waals surface area contributed by atoms with Gasteiger partial charge in [-0.25, -0.2) is 0 Å². The lowest BCUT2D eigenvalue weighted by molar-refractivity contribution is -0.0942. The number of hydrogen-bond donors (Lipinski definition) is 1. The zero-order valence-electron chi connectivity index (χ0n) is 12.1. The molecule has 3 rings (SSSR count). The van der Waals surface area contributed by atoms with Crippen molar-refractivity contribution in [2.45, 2.75) is 56.7 Å². The topological polar surface area (TPSA) is 38.5 Å². The molecular formula is C15H28N2OS. The maximum absolute atomic E-state index is 6.15. The van der Waals surface area contributed by atoms with E-state index in [9.17, 15) is 0 Å². The highest BCUT2D eigenvalue weighted by Gasteiger charge is 2.42. The van der Waals surface area contributed by atoms with Crippen LogP contribution in [-0.2, 0) is 4.74 Å². The number of nitrogens with two attached hydrogens (primary N) is 1. The average molecular weight is 284 g/mol. The number of rotatable bonds is 2. The number of hydrogen-bond acceptors (Lipinski definition) is 4. The van der Waals surface area contributed by atoms with Gasteiger partial charge in [-0.05, 0) is 57.2 Å². The molecule has 0 aromatic carbocycles. The van der Waals surface area contributed by atoms with Crippen LogP contribution in [0.4, 0.5) is 0 Å². The minimum absolute atomic E-state index is 0.217. The first-order valence-corrected chi connectivity index (χ1v) is 9.05. The van der Waals surface area contributed by atoms with E-state index in [1.165, 1.54) is 56.7 Å². The van der Waals surface area contributed by atoms with Crippen LogP contribution < -0.4 is 5.73 Å². The Morgan fingerprint density at radius 2 is 2.32 bits per heavy atom. The maximum Gasteiger partial charge on any atom is 0.0795 e. The van der Waals surface area contributed by atoms with E-state index < -0.39 is 0 Å². The number of likely N-dealkylation sites (tertiary alicyclic amines) is 1. The van der Waals surface area contributed by atoms with Crippen molar-refractivity contribution in [1.29, 1.82) is 0 Å². The molecule has 3 heterocycles. The van der Waals surface area contributed by atoms with Crippen LogP contribution in [0.1, 0.15) is 39.0 Å². The third-order valence-electron chi connectivity index (χ3n) is 5.28. The first kappa shape index (κ1) is 14.2. The van der Waals surface area contributed by atoms with Crippen molar-refractivity contribution in [3.8, 4) is 0 Å². The van der Waals surface area contributed by atoms with Crippen LogP contribution in [0.15, 0.2) is 0 Å². The molecule has 3 aliphatic rings. The van der Waals surface area contributed by atoms with Gasteiger partial charge >= 0.3 is 0 Å². The molecule has 0 aromatic rings. The van der Waals surface area contributed by atoms with Gasteiger partial charge in [0.2, 0.25) is 0 Å². The molecule has 0 aromatic heterocycles. The number of thioether (sulfide) groups is 1. The molecule has 0 radical (unpaired) electrons. The minimum Gasteiger partial charge on any atom is -0.374 e. The highest BCUT2D eigenvalue weighted by atomic mass is 32.2. The molecule has 1 spiro atoms. The van der Waals surface area contributed by atoms with Crippen molar-refractivity contribution < 1.29 is 4.74 Å². The van der Waals surface area contributed by atoms with Crippen molar-refractivity contribution in [2.75, 3.05) is 31.2 Å². The molecule has 4 heteroatoms. The molecule has 0 saturated carbocycles. The van der Waals surface area contributed by atoms with Crippen LogP contribution >= 0.6 is 11.8 Å². The SMILES string of the molecule is CC(N)C1CCCN(C2CCOC3(CCSC3)C2)C1. The summed E-state index contributed by atoms with van der Waals surface area (Å²) in [7, 11) is 0. The summed E-state index contributed by atoms with van der Waals surface area (Å²) < 4.78 is 6.15. The van der Waals surface area contributed by atoms with Crippen LogP contribution in [0.25, 0.3) is 0 Å². The molecule has 0 aliphatic carbocycles. The maximum atomic E-state index is 6.15. The van der Waals surface area contributed by atoms with Crippen molar-refractivity contribution in [3.05, 3.63) is 0 Å². The van der Waals surface area contributed by atoms with Crippen LogP contribution in [0.2, 0.25) is 0 Å². The van der Waals surface area contributed by atoms with Gasteiger partial charge in [0.05, 0.1) is 5.60 Å². The summed E-state index contributed by atoms with van der Waals surface area (Å²) in [5, 5.41) is 0. The number of piperidine rings is 1. The van der Waals surface area contributed by atoms with Gasteiger partial charge in [0.15, 0.2) is 0 Å². The van der Waals surface area contributed by atoms with Crippen molar-refractivity contribution in [1.82, 2.24) is 4.90 Å². The van der Waals surface area contributed by atoms with E-state index in [4.69, 9.17) is 10.5 Å². The van der Waals surface area contributed by atoms with Gasteiger partial charge in [-0.1, -0.05) is 0 Å². The number of ether oxygens (including phenoxy) is 1. The van der Waals surface area contributed by atoms with Gasteiger partial charge in [-0.15, -0.1) is 0 Å². The highest BCUT2D eigenvalue weighted by Crippen LogP contribution is 2.40. The Kier molecular flexibility index (Phi) is 4.42. The van der Waals surface area contributed by atoms with E-state index in [2.05, 4.69) is 23.6 Å².